The molecule has 37 heavy (non-hydrogen) atoms. The molecule has 10 heteroatoms. The fourth-order valence-corrected chi connectivity index (χ4v) is 6.73. The van der Waals surface area contributed by atoms with E-state index in [1.165, 1.54) is 5.56 Å². The summed E-state index contributed by atoms with van der Waals surface area (Å²) in [5, 5.41) is 5.03. The van der Waals surface area contributed by atoms with Crippen molar-refractivity contribution in [3.8, 4) is 0 Å². The first-order valence-electron chi connectivity index (χ1n) is 13.8. The lowest BCUT2D eigenvalue weighted by molar-refractivity contribution is -0.141. The molecule has 2 aliphatic carbocycles. The Morgan fingerprint density at radius 1 is 1.08 bits per heavy atom. The van der Waals surface area contributed by atoms with E-state index in [0.717, 1.165) is 50.2 Å². The van der Waals surface area contributed by atoms with E-state index in [1.54, 1.807) is 14.2 Å². The molecule has 210 valence electrons. The number of carbonyl (C=O) groups is 1. The van der Waals surface area contributed by atoms with E-state index in [-0.39, 0.29) is 42.9 Å². The van der Waals surface area contributed by atoms with Gasteiger partial charge >= 0.3 is 0 Å². The molecule has 2 N–H and O–H groups in total. The van der Waals surface area contributed by atoms with Crippen LogP contribution < -0.4 is 5.73 Å². The largest absolute Gasteiger partial charge is 0.384 e. The number of hydrogen-bond acceptors (Lipinski definition) is 6. The highest BCUT2D eigenvalue weighted by atomic mass is 19.3. The number of methoxy groups -OCH3 is 2. The Labute approximate surface area is 219 Å². The molecule has 0 unspecified atom stereocenters. The van der Waals surface area contributed by atoms with Crippen LogP contribution in [0.2, 0.25) is 0 Å². The Balaban J connectivity index is 1.55. The summed E-state index contributed by atoms with van der Waals surface area (Å²) >= 11 is 0. The predicted molar refractivity (Wildman–Crippen MR) is 137 cm³/mol. The molecule has 1 aromatic rings. The van der Waals surface area contributed by atoms with Crippen LogP contribution in [-0.2, 0) is 33.9 Å². The van der Waals surface area contributed by atoms with Crippen LogP contribution in [0.3, 0.4) is 0 Å². The molecule has 1 aliphatic heterocycles. The monoisotopic (exact) mass is 525 g/mol. The number of halogens is 2. The molecule has 0 saturated heterocycles. The molecule has 3 aliphatic rings. The molecule has 0 atom stereocenters. The van der Waals surface area contributed by atoms with Gasteiger partial charge in [0.25, 0.3) is 0 Å². The summed E-state index contributed by atoms with van der Waals surface area (Å²) in [6.45, 7) is 5.19. The third kappa shape index (κ3) is 6.52. The fraction of sp³-hybridized carbons (Fsp3) is 0.852. The number of nitrogens with zero attached hydrogens (tertiary/aromatic N) is 4. The van der Waals surface area contributed by atoms with Crippen molar-refractivity contribution in [2.24, 2.45) is 17.1 Å². The van der Waals surface area contributed by atoms with Crippen molar-refractivity contribution in [3.05, 3.63) is 17.0 Å². The van der Waals surface area contributed by atoms with Gasteiger partial charge < -0.3 is 20.1 Å². The highest BCUT2D eigenvalue weighted by Crippen LogP contribution is 2.46. The van der Waals surface area contributed by atoms with E-state index in [0.29, 0.717) is 45.3 Å². The van der Waals surface area contributed by atoms with Crippen LogP contribution in [0.5, 0.6) is 0 Å². The van der Waals surface area contributed by atoms with Gasteiger partial charge in [0.1, 0.15) is 0 Å². The first-order valence-corrected chi connectivity index (χ1v) is 13.8. The molecule has 1 amide bonds. The molecule has 1 aromatic heterocycles. The SMILES string of the molecule is COCC1(COC)CCC(c2c(CN(C)CCN)nn3c2CN(C(=O)C2CCC(F)(F)CC2)CC3)CC1. The average molecular weight is 526 g/mol. The predicted octanol–water partition coefficient (Wildman–Crippen LogP) is 3.38. The number of fused-ring (bicyclic) bond motifs is 1. The van der Waals surface area contributed by atoms with Gasteiger partial charge in [-0.15, -0.1) is 0 Å². The first-order chi connectivity index (χ1) is 17.7. The van der Waals surface area contributed by atoms with Crippen LogP contribution in [0, 0.1) is 11.3 Å². The lowest BCUT2D eigenvalue weighted by Gasteiger charge is -2.40. The van der Waals surface area contributed by atoms with Crippen molar-refractivity contribution < 1.29 is 23.0 Å². The fourth-order valence-electron chi connectivity index (χ4n) is 6.73. The van der Waals surface area contributed by atoms with Crippen molar-refractivity contribution in [2.45, 2.75) is 82.8 Å². The summed E-state index contributed by atoms with van der Waals surface area (Å²) in [7, 11) is 5.57. The van der Waals surface area contributed by atoms with E-state index in [1.807, 2.05) is 4.90 Å². The smallest absolute Gasteiger partial charge is 0.248 e. The zero-order chi connectivity index (χ0) is 26.6. The van der Waals surface area contributed by atoms with Crippen LogP contribution in [0.4, 0.5) is 8.78 Å². The van der Waals surface area contributed by atoms with Crippen LogP contribution >= 0.6 is 0 Å². The van der Waals surface area contributed by atoms with Gasteiger partial charge in [-0.05, 0) is 51.5 Å². The Bertz CT molecular complexity index is 898. The van der Waals surface area contributed by atoms with E-state index in [9.17, 15) is 13.6 Å². The molecule has 0 aromatic carbocycles. The van der Waals surface area contributed by atoms with Gasteiger partial charge in [0, 0.05) is 70.1 Å². The summed E-state index contributed by atoms with van der Waals surface area (Å²) in [6, 6.07) is 0. The Morgan fingerprint density at radius 2 is 1.73 bits per heavy atom. The molecule has 2 heterocycles. The van der Waals surface area contributed by atoms with Gasteiger partial charge in [0.2, 0.25) is 11.8 Å². The summed E-state index contributed by atoms with van der Waals surface area (Å²) < 4.78 is 40.6. The number of rotatable bonds is 10. The Kier molecular flexibility index (Phi) is 9.25. The minimum Gasteiger partial charge on any atom is -0.384 e. The first kappa shape index (κ1) is 28.4. The van der Waals surface area contributed by atoms with Crippen molar-refractivity contribution in [2.75, 3.05) is 54.1 Å². The summed E-state index contributed by atoms with van der Waals surface area (Å²) in [4.78, 5) is 17.5. The second-order valence-corrected chi connectivity index (χ2v) is 11.6. The number of amides is 1. The second kappa shape index (κ2) is 12.1. The van der Waals surface area contributed by atoms with Gasteiger partial charge in [-0.2, -0.15) is 5.10 Å². The average Bonchev–Trinajstić information content (AvgIpc) is 3.21. The number of likely N-dealkylation sites (N-methyl/N-ethyl adjacent to an activating group) is 1. The van der Waals surface area contributed by atoms with Gasteiger partial charge in [0.05, 0.1) is 37.7 Å². The lowest BCUT2D eigenvalue weighted by atomic mass is 9.69. The van der Waals surface area contributed by atoms with E-state index >= 15 is 0 Å². The van der Waals surface area contributed by atoms with Crippen molar-refractivity contribution in [1.82, 2.24) is 19.6 Å². The van der Waals surface area contributed by atoms with Crippen molar-refractivity contribution in [1.29, 1.82) is 0 Å². The topological polar surface area (TPSA) is 85.8 Å². The molecule has 0 radical (unpaired) electrons. The van der Waals surface area contributed by atoms with Crippen LogP contribution in [0.1, 0.15) is 74.2 Å². The van der Waals surface area contributed by atoms with Gasteiger partial charge in [-0.1, -0.05) is 0 Å². The van der Waals surface area contributed by atoms with Gasteiger partial charge in [-0.25, -0.2) is 8.78 Å². The normalized spacial score (nSPS) is 22.4. The van der Waals surface area contributed by atoms with Gasteiger partial charge in [-0.3, -0.25) is 14.4 Å². The maximum absolute atomic E-state index is 13.7. The highest BCUT2D eigenvalue weighted by molar-refractivity contribution is 5.79. The number of hydrogen-bond donors (Lipinski definition) is 1. The number of aromatic nitrogens is 2. The number of nitrogens with two attached hydrogens (primary N) is 1. The van der Waals surface area contributed by atoms with Gasteiger partial charge in [0.15, 0.2) is 0 Å². The third-order valence-corrected chi connectivity index (χ3v) is 8.76. The number of carbonyl (C=O) groups excluding carboxylic acids is 1. The molecule has 2 saturated carbocycles. The van der Waals surface area contributed by atoms with Crippen LogP contribution in [-0.4, -0.2) is 85.5 Å². The maximum Gasteiger partial charge on any atom is 0.248 e. The minimum atomic E-state index is -2.63. The number of alkyl halides is 2. The molecule has 0 bridgehead atoms. The zero-order valence-electron chi connectivity index (χ0n) is 22.8. The zero-order valence-corrected chi connectivity index (χ0v) is 22.8. The highest BCUT2D eigenvalue weighted by Gasteiger charge is 2.41. The van der Waals surface area contributed by atoms with Crippen molar-refractivity contribution >= 4 is 5.91 Å². The van der Waals surface area contributed by atoms with Crippen LogP contribution in [0.25, 0.3) is 0 Å². The van der Waals surface area contributed by atoms with E-state index in [4.69, 9.17) is 20.3 Å². The lowest BCUT2D eigenvalue weighted by Crippen LogP contribution is -2.43. The molecule has 2 fully saturated rings. The molecular weight excluding hydrogens is 480 g/mol. The molecule has 8 nitrogen and oxygen atoms in total. The third-order valence-electron chi connectivity index (χ3n) is 8.76. The second-order valence-electron chi connectivity index (χ2n) is 11.6. The maximum atomic E-state index is 13.7. The van der Waals surface area contributed by atoms with E-state index in [2.05, 4.69) is 16.6 Å². The molecular formula is C27H45F2N5O3. The molecule has 4 rings (SSSR count). The van der Waals surface area contributed by atoms with Crippen molar-refractivity contribution in [3.63, 3.8) is 0 Å². The summed E-state index contributed by atoms with van der Waals surface area (Å²) in [5.41, 5.74) is 9.32. The summed E-state index contributed by atoms with van der Waals surface area (Å²) in [6.07, 6.45) is 4.23. The minimum absolute atomic E-state index is 0.0264. The van der Waals surface area contributed by atoms with Crippen LogP contribution in [0.15, 0.2) is 0 Å². The Hall–Kier alpha value is -1.62. The molecule has 0 spiro atoms. The standard InChI is InChI=1S/C27H45F2N5O3/c1-32(13-12-30)16-22-24(20-4-8-26(9-5-20,18-36-2)19-37-3)23-17-33(14-15-34(23)31-22)25(35)21-6-10-27(28,29)11-7-21/h20-21H,4-19,30H2,1-3H3. The Morgan fingerprint density at radius 3 is 2.32 bits per heavy atom. The quantitative estimate of drug-likeness (QED) is 0.504. The van der Waals surface area contributed by atoms with E-state index < -0.39 is 5.92 Å². The summed E-state index contributed by atoms with van der Waals surface area (Å²) in [5.74, 6) is -2.54. The number of ether oxygens (including phenoxy) is 2.